The van der Waals surface area contributed by atoms with Crippen molar-refractivity contribution in [1.29, 1.82) is 0 Å². The quantitative estimate of drug-likeness (QED) is 0.672. The van der Waals surface area contributed by atoms with Crippen LogP contribution in [-0.2, 0) is 4.79 Å². The molecule has 0 saturated heterocycles. The fraction of sp³-hybridized carbons (Fsp3) is 0.583. The molecule has 1 atom stereocenters. The number of anilines is 2. The number of fused-ring (bicyclic) bond motifs is 1. The van der Waals surface area contributed by atoms with Crippen LogP contribution in [0.15, 0.2) is 30.3 Å². The minimum absolute atomic E-state index is 0.149. The van der Waals surface area contributed by atoms with Gasteiger partial charge in [0, 0.05) is 18.4 Å². The summed E-state index contributed by atoms with van der Waals surface area (Å²) in [6.45, 7) is 2.20. The number of benzene rings is 1. The van der Waals surface area contributed by atoms with Crippen LogP contribution in [-0.4, -0.2) is 28.6 Å². The number of hydrogen-bond acceptors (Lipinski definition) is 4. The first kappa shape index (κ1) is 18.9. The van der Waals surface area contributed by atoms with Gasteiger partial charge in [-0.2, -0.15) is 0 Å². The average Bonchev–Trinajstić information content (AvgIpc) is 2.64. The first-order chi connectivity index (χ1) is 14.0. The van der Waals surface area contributed by atoms with E-state index in [1.54, 1.807) is 6.92 Å². The zero-order valence-electron chi connectivity index (χ0n) is 17.2. The molecule has 1 unspecified atom stereocenters. The molecule has 4 aliphatic rings. The Bertz CT molecular complexity index is 888. The van der Waals surface area contributed by atoms with Gasteiger partial charge in [0.2, 0.25) is 5.91 Å². The van der Waals surface area contributed by atoms with Crippen LogP contribution in [0, 0.1) is 23.2 Å². The van der Waals surface area contributed by atoms with Crippen molar-refractivity contribution >= 4 is 28.3 Å². The Hall–Kier alpha value is -2.14. The predicted molar refractivity (Wildman–Crippen MR) is 116 cm³/mol. The number of nitrogens with zero attached hydrogens (tertiary/aromatic N) is 1. The summed E-state index contributed by atoms with van der Waals surface area (Å²) in [5, 5.41) is 16.7. The molecule has 4 saturated carbocycles. The second-order valence-corrected chi connectivity index (χ2v) is 9.94. The van der Waals surface area contributed by atoms with Gasteiger partial charge in [-0.1, -0.05) is 6.07 Å². The van der Waals surface area contributed by atoms with E-state index in [0.717, 1.165) is 40.2 Å². The largest absolute Gasteiger partial charge is 0.392 e. The van der Waals surface area contributed by atoms with Crippen LogP contribution in [0.1, 0.15) is 51.9 Å². The SMILES string of the molecule is CC(O)CNc1ccc2c(NC(=O)CC34CC5CC(CC(C5)C3)C4)cccc2n1. The lowest BCUT2D eigenvalue weighted by Crippen LogP contribution is -2.47. The number of hydrogen-bond donors (Lipinski definition) is 3. The van der Waals surface area contributed by atoms with Crippen LogP contribution >= 0.6 is 0 Å². The maximum atomic E-state index is 13.0. The van der Waals surface area contributed by atoms with Gasteiger partial charge in [0.25, 0.3) is 0 Å². The van der Waals surface area contributed by atoms with E-state index in [2.05, 4.69) is 15.6 Å². The Morgan fingerprint density at radius 1 is 1.14 bits per heavy atom. The first-order valence-electron chi connectivity index (χ1n) is 11.1. The molecule has 1 aromatic heterocycles. The summed E-state index contributed by atoms with van der Waals surface area (Å²) in [5.41, 5.74) is 1.93. The molecule has 5 nitrogen and oxygen atoms in total. The second kappa shape index (κ2) is 7.28. The smallest absolute Gasteiger partial charge is 0.224 e. The minimum Gasteiger partial charge on any atom is -0.392 e. The zero-order chi connectivity index (χ0) is 20.0. The van der Waals surface area contributed by atoms with Gasteiger partial charge in [-0.25, -0.2) is 4.98 Å². The van der Waals surface area contributed by atoms with Crippen molar-refractivity contribution < 1.29 is 9.90 Å². The van der Waals surface area contributed by atoms with Gasteiger partial charge < -0.3 is 15.7 Å². The molecule has 1 heterocycles. The summed E-state index contributed by atoms with van der Waals surface area (Å²) >= 11 is 0. The molecule has 4 fully saturated rings. The van der Waals surface area contributed by atoms with Gasteiger partial charge in [0.1, 0.15) is 5.82 Å². The van der Waals surface area contributed by atoms with E-state index in [1.165, 1.54) is 38.5 Å². The monoisotopic (exact) mass is 393 g/mol. The number of rotatable bonds is 6. The standard InChI is InChI=1S/C24H31N3O2/c1-15(28)14-25-22-6-5-19-20(26-22)3-2-4-21(19)27-23(29)13-24-10-16-7-17(11-24)9-18(8-16)12-24/h2-6,15-18,28H,7-14H2,1H3,(H,25,26)(H,27,29). The van der Waals surface area contributed by atoms with E-state index < -0.39 is 6.10 Å². The van der Waals surface area contributed by atoms with Crippen LogP contribution in [0.25, 0.3) is 10.9 Å². The number of pyridine rings is 1. The molecule has 0 radical (unpaired) electrons. The van der Waals surface area contributed by atoms with E-state index in [-0.39, 0.29) is 11.3 Å². The number of amides is 1. The fourth-order valence-electron chi connectivity index (χ4n) is 6.66. The lowest BCUT2D eigenvalue weighted by Gasteiger charge is -2.56. The van der Waals surface area contributed by atoms with Crippen LogP contribution in [0.2, 0.25) is 0 Å². The molecule has 5 heteroatoms. The molecule has 4 bridgehead atoms. The van der Waals surface area contributed by atoms with Crippen LogP contribution in [0.4, 0.5) is 11.5 Å². The van der Waals surface area contributed by atoms with Crippen LogP contribution < -0.4 is 10.6 Å². The van der Waals surface area contributed by atoms with Gasteiger partial charge in [0.15, 0.2) is 0 Å². The molecule has 6 rings (SSSR count). The maximum Gasteiger partial charge on any atom is 0.224 e. The highest BCUT2D eigenvalue weighted by Gasteiger charge is 2.51. The number of carbonyl (C=O) groups is 1. The highest BCUT2D eigenvalue weighted by molar-refractivity contribution is 6.01. The molecule has 1 amide bonds. The van der Waals surface area contributed by atoms with Crippen molar-refractivity contribution in [2.24, 2.45) is 23.2 Å². The summed E-state index contributed by atoms with van der Waals surface area (Å²) in [5.74, 6) is 3.47. The lowest BCUT2D eigenvalue weighted by molar-refractivity contribution is -0.124. The van der Waals surface area contributed by atoms with Crippen LogP contribution in [0.5, 0.6) is 0 Å². The molecule has 0 aliphatic heterocycles. The third kappa shape index (κ3) is 3.85. The molecule has 29 heavy (non-hydrogen) atoms. The summed E-state index contributed by atoms with van der Waals surface area (Å²) in [7, 11) is 0. The van der Waals surface area contributed by atoms with E-state index in [0.29, 0.717) is 13.0 Å². The molecule has 0 spiro atoms. The van der Waals surface area contributed by atoms with Gasteiger partial charge in [-0.15, -0.1) is 0 Å². The van der Waals surface area contributed by atoms with Crippen molar-refractivity contribution in [1.82, 2.24) is 4.98 Å². The number of nitrogens with one attached hydrogen (secondary N) is 2. The van der Waals surface area contributed by atoms with E-state index in [4.69, 9.17) is 0 Å². The Labute approximate surface area is 172 Å². The number of carbonyl (C=O) groups excluding carboxylic acids is 1. The van der Waals surface area contributed by atoms with Crippen molar-refractivity contribution in [3.05, 3.63) is 30.3 Å². The van der Waals surface area contributed by atoms with Crippen molar-refractivity contribution in [3.63, 3.8) is 0 Å². The highest BCUT2D eigenvalue weighted by atomic mass is 16.3. The van der Waals surface area contributed by atoms with Crippen LogP contribution in [0.3, 0.4) is 0 Å². The number of aliphatic hydroxyl groups is 1. The predicted octanol–water partition coefficient (Wildman–Crippen LogP) is 4.57. The maximum absolute atomic E-state index is 13.0. The van der Waals surface area contributed by atoms with Gasteiger partial charge in [-0.05, 0) is 92.9 Å². The molecule has 154 valence electrons. The Morgan fingerprint density at radius 2 is 1.83 bits per heavy atom. The Kier molecular flexibility index (Phi) is 4.73. The topological polar surface area (TPSA) is 74.2 Å². The molecular formula is C24H31N3O2. The van der Waals surface area contributed by atoms with Crippen molar-refractivity contribution in [2.75, 3.05) is 17.2 Å². The Balaban J connectivity index is 1.30. The summed E-state index contributed by atoms with van der Waals surface area (Å²) in [6, 6.07) is 9.75. The van der Waals surface area contributed by atoms with E-state index >= 15 is 0 Å². The van der Waals surface area contributed by atoms with E-state index in [1.807, 2.05) is 30.3 Å². The summed E-state index contributed by atoms with van der Waals surface area (Å²) in [4.78, 5) is 17.6. The molecule has 1 aromatic carbocycles. The summed E-state index contributed by atoms with van der Waals surface area (Å²) < 4.78 is 0. The fourth-order valence-corrected chi connectivity index (χ4v) is 6.66. The molecule has 3 N–H and O–H groups in total. The second-order valence-electron chi connectivity index (χ2n) is 9.94. The van der Waals surface area contributed by atoms with Gasteiger partial charge >= 0.3 is 0 Å². The normalized spacial score (nSPS) is 31.0. The Morgan fingerprint density at radius 3 is 2.48 bits per heavy atom. The van der Waals surface area contributed by atoms with Gasteiger partial charge in [-0.3, -0.25) is 4.79 Å². The number of aliphatic hydroxyl groups excluding tert-OH is 1. The molecular weight excluding hydrogens is 362 g/mol. The highest BCUT2D eigenvalue weighted by Crippen LogP contribution is 2.61. The van der Waals surface area contributed by atoms with E-state index in [9.17, 15) is 9.90 Å². The zero-order valence-corrected chi connectivity index (χ0v) is 17.2. The summed E-state index contributed by atoms with van der Waals surface area (Å²) in [6.07, 6.45) is 8.20. The van der Waals surface area contributed by atoms with Crippen molar-refractivity contribution in [2.45, 2.75) is 58.0 Å². The third-order valence-electron chi connectivity index (χ3n) is 7.29. The van der Waals surface area contributed by atoms with Crippen molar-refractivity contribution in [3.8, 4) is 0 Å². The lowest BCUT2D eigenvalue weighted by atomic mass is 9.49. The minimum atomic E-state index is -0.428. The average molecular weight is 394 g/mol. The molecule has 4 aliphatic carbocycles. The molecule has 2 aromatic rings. The number of aromatic nitrogens is 1. The first-order valence-corrected chi connectivity index (χ1v) is 11.1. The van der Waals surface area contributed by atoms with Gasteiger partial charge in [0.05, 0.1) is 17.3 Å². The third-order valence-corrected chi connectivity index (χ3v) is 7.29.